The summed E-state index contributed by atoms with van der Waals surface area (Å²) in [5.41, 5.74) is 6.17. The Labute approximate surface area is 131 Å². The van der Waals surface area contributed by atoms with Gasteiger partial charge in [0.2, 0.25) is 5.88 Å². The molecule has 1 aromatic carbocycles. The van der Waals surface area contributed by atoms with E-state index in [4.69, 9.17) is 9.84 Å². The van der Waals surface area contributed by atoms with Gasteiger partial charge < -0.3 is 14.9 Å². The van der Waals surface area contributed by atoms with Crippen LogP contribution in [0.1, 0.15) is 28.8 Å². The van der Waals surface area contributed by atoms with Crippen molar-refractivity contribution in [3.05, 3.63) is 46.6 Å². The number of pyridine rings is 1. The molecule has 4 nitrogen and oxygen atoms in total. The number of nitrogens with zero attached hydrogens (tertiary/aromatic N) is 1. The highest BCUT2D eigenvalue weighted by molar-refractivity contribution is 5.73. The van der Waals surface area contributed by atoms with Crippen LogP contribution < -0.4 is 4.74 Å². The van der Waals surface area contributed by atoms with Crippen molar-refractivity contribution in [1.82, 2.24) is 4.98 Å². The molecule has 0 radical (unpaired) electrons. The highest BCUT2D eigenvalue weighted by Gasteiger charge is 2.13. The lowest BCUT2D eigenvalue weighted by molar-refractivity contribution is 0.229. The fourth-order valence-electron chi connectivity index (χ4n) is 2.64. The van der Waals surface area contributed by atoms with Crippen molar-refractivity contribution < 1.29 is 14.9 Å². The van der Waals surface area contributed by atoms with Crippen LogP contribution in [-0.4, -0.2) is 28.4 Å². The Kier molecular flexibility index (Phi) is 5.52. The van der Waals surface area contributed by atoms with Gasteiger partial charge in [-0.25, -0.2) is 4.98 Å². The summed E-state index contributed by atoms with van der Waals surface area (Å²) in [6.07, 6.45) is 0.596. The number of aryl methyl sites for hydroxylation is 2. The maximum atomic E-state index is 9.44. The highest BCUT2D eigenvalue weighted by Crippen LogP contribution is 2.32. The summed E-state index contributed by atoms with van der Waals surface area (Å²) in [5.74, 6) is 0.586. The van der Waals surface area contributed by atoms with Gasteiger partial charge in [0.05, 0.1) is 13.2 Å². The molecule has 2 aromatic rings. The van der Waals surface area contributed by atoms with Crippen LogP contribution in [0.2, 0.25) is 0 Å². The summed E-state index contributed by atoms with van der Waals surface area (Å²) in [4.78, 5) is 4.51. The van der Waals surface area contributed by atoms with Crippen molar-refractivity contribution in [2.75, 3.05) is 13.2 Å². The molecule has 0 saturated carbocycles. The summed E-state index contributed by atoms with van der Waals surface area (Å²) in [7, 11) is 0. The molecule has 0 saturated heterocycles. The molecule has 0 amide bonds. The second-order valence-corrected chi connectivity index (χ2v) is 5.41. The van der Waals surface area contributed by atoms with Crippen LogP contribution in [0.5, 0.6) is 5.88 Å². The molecule has 0 spiro atoms. The summed E-state index contributed by atoms with van der Waals surface area (Å²) in [6.45, 7) is 6.63. The van der Waals surface area contributed by atoms with E-state index in [2.05, 4.69) is 11.1 Å². The van der Waals surface area contributed by atoms with E-state index in [0.29, 0.717) is 18.9 Å². The SMILES string of the molecule is Cc1cc(OCCCO)nc(C)c1-c1cccc(CO)c1C. The molecule has 118 valence electrons. The lowest BCUT2D eigenvalue weighted by Gasteiger charge is -2.16. The fraction of sp³-hybridized carbons (Fsp3) is 0.389. The summed E-state index contributed by atoms with van der Waals surface area (Å²) < 4.78 is 5.56. The second kappa shape index (κ2) is 7.38. The van der Waals surface area contributed by atoms with Crippen LogP contribution in [0, 0.1) is 20.8 Å². The molecule has 0 aliphatic rings. The molecule has 0 aliphatic heterocycles. The lowest BCUT2D eigenvalue weighted by atomic mass is 9.93. The van der Waals surface area contributed by atoms with E-state index in [0.717, 1.165) is 33.5 Å². The van der Waals surface area contributed by atoms with E-state index < -0.39 is 0 Å². The van der Waals surface area contributed by atoms with E-state index in [1.54, 1.807) is 0 Å². The van der Waals surface area contributed by atoms with Gasteiger partial charge in [-0.15, -0.1) is 0 Å². The number of hydrogen-bond donors (Lipinski definition) is 2. The Morgan fingerprint density at radius 3 is 2.55 bits per heavy atom. The van der Waals surface area contributed by atoms with Crippen LogP contribution in [0.15, 0.2) is 24.3 Å². The zero-order valence-corrected chi connectivity index (χ0v) is 13.4. The van der Waals surface area contributed by atoms with Gasteiger partial charge in [-0.2, -0.15) is 0 Å². The van der Waals surface area contributed by atoms with Crippen molar-refractivity contribution in [3.8, 4) is 17.0 Å². The molecule has 4 heteroatoms. The lowest BCUT2D eigenvalue weighted by Crippen LogP contribution is -2.04. The highest BCUT2D eigenvalue weighted by atomic mass is 16.5. The molecule has 0 fully saturated rings. The van der Waals surface area contributed by atoms with Crippen molar-refractivity contribution in [1.29, 1.82) is 0 Å². The van der Waals surface area contributed by atoms with E-state index in [-0.39, 0.29) is 13.2 Å². The Bertz CT molecular complexity index is 630. The average molecular weight is 301 g/mol. The van der Waals surface area contributed by atoms with Gasteiger partial charge in [0.1, 0.15) is 0 Å². The van der Waals surface area contributed by atoms with Crippen LogP contribution in [0.3, 0.4) is 0 Å². The fourth-order valence-corrected chi connectivity index (χ4v) is 2.64. The zero-order valence-electron chi connectivity index (χ0n) is 13.4. The first-order chi connectivity index (χ1) is 10.6. The molecule has 0 bridgehead atoms. The normalized spacial score (nSPS) is 10.8. The Morgan fingerprint density at radius 2 is 1.91 bits per heavy atom. The van der Waals surface area contributed by atoms with Gasteiger partial charge >= 0.3 is 0 Å². The van der Waals surface area contributed by atoms with Crippen molar-refractivity contribution in [3.63, 3.8) is 0 Å². The first-order valence-corrected chi connectivity index (χ1v) is 7.50. The monoisotopic (exact) mass is 301 g/mol. The number of aliphatic hydroxyl groups excluding tert-OH is 2. The summed E-state index contributed by atoms with van der Waals surface area (Å²) in [5, 5.41) is 18.2. The van der Waals surface area contributed by atoms with E-state index >= 15 is 0 Å². The molecular formula is C18H23NO3. The molecule has 0 atom stereocenters. The van der Waals surface area contributed by atoms with Gasteiger partial charge in [0.15, 0.2) is 0 Å². The summed E-state index contributed by atoms with van der Waals surface area (Å²) in [6, 6.07) is 7.87. The van der Waals surface area contributed by atoms with Gasteiger partial charge in [0.25, 0.3) is 0 Å². The van der Waals surface area contributed by atoms with Gasteiger partial charge in [-0.05, 0) is 43.0 Å². The number of hydrogen-bond acceptors (Lipinski definition) is 4. The first kappa shape index (κ1) is 16.5. The predicted molar refractivity (Wildman–Crippen MR) is 87.0 cm³/mol. The predicted octanol–water partition coefficient (Wildman–Crippen LogP) is 2.93. The minimum atomic E-state index is 0.0353. The summed E-state index contributed by atoms with van der Waals surface area (Å²) >= 11 is 0. The quantitative estimate of drug-likeness (QED) is 0.805. The smallest absolute Gasteiger partial charge is 0.213 e. The van der Waals surface area contributed by atoms with Gasteiger partial charge in [-0.1, -0.05) is 18.2 Å². The van der Waals surface area contributed by atoms with Crippen LogP contribution in [-0.2, 0) is 6.61 Å². The number of aromatic nitrogens is 1. The van der Waals surface area contributed by atoms with E-state index in [1.807, 2.05) is 39.0 Å². The third kappa shape index (κ3) is 3.46. The molecule has 22 heavy (non-hydrogen) atoms. The van der Waals surface area contributed by atoms with E-state index in [1.165, 1.54) is 0 Å². The Morgan fingerprint density at radius 1 is 1.14 bits per heavy atom. The van der Waals surface area contributed by atoms with Crippen molar-refractivity contribution >= 4 is 0 Å². The van der Waals surface area contributed by atoms with Gasteiger partial charge in [-0.3, -0.25) is 0 Å². The van der Waals surface area contributed by atoms with E-state index in [9.17, 15) is 5.11 Å². The molecule has 2 rings (SSSR count). The number of ether oxygens (including phenoxy) is 1. The van der Waals surface area contributed by atoms with Crippen molar-refractivity contribution in [2.45, 2.75) is 33.8 Å². The Balaban J connectivity index is 2.40. The maximum Gasteiger partial charge on any atom is 0.213 e. The van der Waals surface area contributed by atoms with Crippen LogP contribution >= 0.6 is 0 Å². The number of benzene rings is 1. The minimum absolute atomic E-state index is 0.0353. The maximum absolute atomic E-state index is 9.44. The Hall–Kier alpha value is -1.91. The minimum Gasteiger partial charge on any atom is -0.478 e. The third-order valence-corrected chi connectivity index (χ3v) is 3.81. The van der Waals surface area contributed by atoms with Gasteiger partial charge in [0, 0.05) is 30.4 Å². The average Bonchev–Trinajstić information content (AvgIpc) is 2.48. The standard InChI is InChI=1S/C18H23NO3/c1-12-10-17(22-9-5-8-20)19-14(3)18(12)16-7-4-6-15(11-21)13(16)2/h4,6-7,10,20-21H,5,8-9,11H2,1-3H3. The molecule has 2 N–H and O–H groups in total. The number of rotatable bonds is 6. The van der Waals surface area contributed by atoms with Crippen LogP contribution in [0.25, 0.3) is 11.1 Å². The second-order valence-electron chi connectivity index (χ2n) is 5.41. The zero-order chi connectivity index (χ0) is 16.1. The number of aliphatic hydroxyl groups is 2. The molecule has 1 aromatic heterocycles. The first-order valence-electron chi connectivity index (χ1n) is 7.50. The topological polar surface area (TPSA) is 62.6 Å². The van der Waals surface area contributed by atoms with Crippen LogP contribution in [0.4, 0.5) is 0 Å². The third-order valence-electron chi connectivity index (χ3n) is 3.81. The molecule has 1 heterocycles. The molecule has 0 unspecified atom stereocenters. The van der Waals surface area contributed by atoms with Crippen molar-refractivity contribution in [2.24, 2.45) is 0 Å². The molecule has 0 aliphatic carbocycles. The largest absolute Gasteiger partial charge is 0.478 e. The molecular weight excluding hydrogens is 278 g/mol.